The van der Waals surface area contributed by atoms with Gasteiger partial charge in [0.05, 0.1) is 24.4 Å². The zero-order valence-corrected chi connectivity index (χ0v) is 15.5. The zero-order valence-electron chi connectivity index (χ0n) is 15.5. The van der Waals surface area contributed by atoms with Crippen molar-refractivity contribution in [2.24, 2.45) is 14.1 Å². The van der Waals surface area contributed by atoms with Gasteiger partial charge in [-0.1, -0.05) is 6.07 Å². The quantitative estimate of drug-likeness (QED) is 0.609. The summed E-state index contributed by atoms with van der Waals surface area (Å²) in [7, 11) is 4.10. The number of hydrogen-bond acceptors (Lipinski definition) is 4. The first-order valence-corrected chi connectivity index (χ1v) is 9.16. The zero-order chi connectivity index (χ0) is 18.4. The van der Waals surface area contributed by atoms with Crippen LogP contribution in [-0.4, -0.2) is 50.8 Å². The molecule has 27 heavy (non-hydrogen) atoms. The standard InChI is InChI=1S/C20H22N6O/c1-24-13-18(25(24)2)14-3-4-17-16(11-14)20(23-22-17)15-5-6-21-19(12-15)26-7-9-27-10-8-26/h3-6,11-13H,7-10H2,1-2H3,(H,22,23). The summed E-state index contributed by atoms with van der Waals surface area (Å²) in [5.74, 6) is 0.978. The fraction of sp³-hybridized carbons (Fsp3) is 0.300. The van der Waals surface area contributed by atoms with E-state index in [0.717, 1.165) is 54.3 Å². The van der Waals surface area contributed by atoms with Gasteiger partial charge in [-0.05, 0) is 24.3 Å². The molecule has 1 fully saturated rings. The highest BCUT2D eigenvalue weighted by Gasteiger charge is 2.16. The number of benzene rings is 1. The molecule has 0 saturated carbocycles. The number of aryl methyl sites for hydroxylation is 1. The summed E-state index contributed by atoms with van der Waals surface area (Å²) in [4.78, 5) is 6.81. The minimum atomic E-state index is 0.748. The second-order valence-corrected chi connectivity index (χ2v) is 6.95. The van der Waals surface area contributed by atoms with Crippen LogP contribution in [0.5, 0.6) is 0 Å². The highest BCUT2D eigenvalue weighted by Crippen LogP contribution is 2.32. The Labute approximate surface area is 157 Å². The second kappa shape index (κ2) is 6.28. The molecule has 7 heteroatoms. The van der Waals surface area contributed by atoms with Gasteiger partial charge in [-0.3, -0.25) is 14.5 Å². The summed E-state index contributed by atoms with van der Waals surface area (Å²) in [5, 5.41) is 8.87. The van der Waals surface area contributed by atoms with Crippen LogP contribution in [0.25, 0.3) is 33.4 Å². The van der Waals surface area contributed by atoms with Crippen molar-refractivity contribution in [1.82, 2.24) is 24.5 Å². The number of ether oxygens (including phenoxy) is 1. The van der Waals surface area contributed by atoms with Crippen LogP contribution in [0.15, 0.2) is 42.7 Å². The van der Waals surface area contributed by atoms with Gasteiger partial charge in [0, 0.05) is 56.1 Å². The third-order valence-corrected chi connectivity index (χ3v) is 5.34. The van der Waals surface area contributed by atoms with Crippen LogP contribution in [0, 0.1) is 0 Å². The van der Waals surface area contributed by atoms with Crippen LogP contribution in [0.4, 0.5) is 5.82 Å². The highest BCUT2D eigenvalue weighted by molar-refractivity contribution is 5.95. The molecule has 4 aromatic rings. The number of aromatic amines is 1. The molecule has 1 aliphatic rings. The molecule has 7 nitrogen and oxygen atoms in total. The van der Waals surface area contributed by atoms with Crippen molar-refractivity contribution in [3.05, 3.63) is 42.7 Å². The molecule has 1 aromatic carbocycles. The molecular formula is C20H22N6O. The molecule has 0 unspecified atom stereocenters. The number of morpholine rings is 1. The van der Waals surface area contributed by atoms with E-state index in [-0.39, 0.29) is 0 Å². The predicted octanol–water partition coefficient (Wildman–Crippen LogP) is 2.81. The normalized spacial score (nSPS) is 15.0. The third-order valence-electron chi connectivity index (χ3n) is 5.34. The molecule has 0 spiro atoms. The number of hydrogen-bond donors (Lipinski definition) is 1. The third kappa shape index (κ3) is 2.71. The molecule has 1 N–H and O–H groups in total. The predicted molar refractivity (Wildman–Crippen MR) is 106 cm³/mol. The summed E-state index contributed by atoms with van der Waals surface area (Å²) in [6.07, 6.45) is 3.99. The summed E-state index contributed by atoms with van der Waals surface area (Å²) in [5.41, 5.74) is 5.46. The SMILES string of the molecule is Cn1cc(-c2ccc3[nH]nc(-c4ccnc(N5CCOCC5)c4)c3c2)n1C. The lowest BCUT2D eigenvalue weighted by atomic mass is 10.0. The molecule has 1 aliphatic heterocycles. The van der Waals surface area contributed by atoms with Gasteiger partial charge in [0.2, 0.25) is 0 Å². The molecule has 0 aliphatic carbocycles. The van der Waals surface area contributed by atoms with E-state index < -0.39 is 0 Å². The van der Waals surface area contributed by atoms with Crippen LogP contribution in [0.1, 0.15) is 0 Å². The van der Waals surface area contributed by atoms with E-state index in [1.54, 1.807) is 0 Å². The second-order valence-electron chi connectivity index (χ2n) is 6.95. The van der Waals surface area contributed by atoms with Gasteiger partial charge in [0.25, 0.3) is 0 Å². The van der Waals surface area contributed by atoms with Gasteiger partial charge in [-0.25, -0.2) is 4.98 Å². The lowest BCUT2D eigenvalue weighted by Gasteiger charge is -2.27. The van der Waals surface area contributed by atoms with E-state index in [1.165, 1.54) is 11.3 Å². The number of nitrogens with one attached hydrogen (secondary N) is 1. The van der Waals surface area contributed by atoms with Gasteiger partial charge in [-0.15, -0.1) is 0 Å². The molecule has 5 rings (SSSR count). The number of aromatic nitrogens is 5. The maximum atomic E-state index is 5.45. The molecule has 1 saturated heterocycles. The van der Waals surface area contributed by atoms with Crippen LogP contribution >= 0.6 is 0 Å². The van der Waals surface area contributed by atoms with Crippen molar-refractivity contribution in [3.63, 3.8) is 0 Å². The number of anilines is 1. The number of rotatable bonds is 3. The largest absolute Gasteiger partial charge is 0.378 e. The van der Waals surface area contributed by atoms with Gasteiger partial charge in [0.1, 0.15) is 11.5 Å². The minimum absolute atomic E-state index is 0.748. The average Bonchev–Trinajstić information content (AvgIpc) is 3.15. The topological polar surface area (TPSA) is 63.9 Å². The van der Waals surface area contributed by atoms with Gasteiger partial charge < -0.3 is 9.64 Å². The lowest BCUT2D eigenvalue weighted by Crippen LogP contribution is -2.36. The van der Waals surface area contributed by atoms with Crippen molar-refractivity contribution in [3.8, 4) is 22.5 Å². The molecule has 4 heterocycles. The van der Waals surface area contributed by atoms with E-state index in [9.17, 15) is 0 Å². The molecule has 0 atom stereocenters. The van der Waals surface area contributed by atoms with Crippen LogP contribution in [0.2, 0.25) is 0 Å². The summed E-state index contributed by atoms with van der Waals surface area (Å²) in [6, 6.07) is 10.6. The first-order chi connectivity index (χ1) is 13.2. The van der Waals surface area contributed by atoms with Crippen LogP contribution in [0.3, 0.4) is 0 Å². The average molecular weight is 362 g/mol. The van der Waals surface area contributed by atoms with Gasteiger partial charge in [0.15, 0.2) is 0 Å². The van der Waals surface area contributed by atoms with Crippen molar-refractivity contribution < 1.29 is 4.74 Å². The van der Waals surface area contributed by atoms with Gasteiger partial charge in [-0.2, -0.15) is 5.10 Å². The molecule has 0 bridgehead atoms. The Morgan fingerprint density at radius 1 is 1.04 bits per heavy atom. The number of H-pyrrole nitrogens is 1. The summed E-state index contributed by atoms with van der Waals surface area (Å²) in [6.45, 7) is 3.24. The van der Waals surface area contributed by atoms with Crippen molar-refractivity contribution in [1.29, 1.82) is 0 Å². The Morgan fingerprint density at radius 3 is 2.67 bits per heavy atom. The maximum Gasteiger partial charge on any atom is 0.129 e. The fourth-order valence-electron chi connectivity index (χ4n) is 3.65. The maximum absolute atomic E-state index is 5.45. The Balaban J connectivity index is 1.56. The van der Waals surface area contributed by atoms with Gasteiger partial charge >= 0.3 is 0 Å². The lowest BCUT2D eigenvalue weighted by molar-refractivity contribution is 0.122. The molecule has 0 radical (unpaired) electrons. The summed E-state index contributed by atoms with van der Waals surface area (Å²) >= 11 is 0. The number of nitrogens with zero attached hydrogens (tertiary/aromatic N) is 5. The van der Waals surface area contributed by atoms with Crippen LogP contribution < -0.4 is 4.90 Å². The van der Waals surface area contributed by atoms with Crippen molar-refractivity contribution in [2.75, 3.05) is 31.2 Å². The Bertz CT molecular complexity index is 1100. The first kappa shape index (κ1) is 16.1. The minimum Gasteiger partial charge on any atom is -0.378 e. The van der Waals surface area contributed by atoms with E-state index >= 15 is 0 Å². The molecule has 3 aromatic heterocycles. The Morgan fingerprint density at radius 2 is 1.89 bits per heavy atom. The van der Waals surface area contributed by atoms with E-state index in [0.29, 0.717) is 0 Å². The fourth-order valence-corrected chi connectivity index (χ4v) is 3.65. The monoisotopic (exact) mass is 362 g/mol. The van der Waals surface area contributed by atoms with Crippen LogP contribution in [-0.2, 0) is 18.8 Å². The van der Waals surface area contributed by atoms with E-state index in [1.807, 2.05) is 19.3 Å². The Kier molecular flexibility index (Phi) is 3.75. The van der Waals surface area contributed by atoms with Crippen molar-refractivity contribution in [2.45, 2.75) is 0 Å². The summed E-state index contributed by atoms with van der Waals surface area (Å²) < 4.78 is 9.64. The van der Waals surface area contributed by atoms with Crippen molar-refractivity contribution >= 4 is 16.7 Å². The first-order valence-electron chi connectivity index (χ1n) is 9.16. The van der Waals surface area contributed by atoms with E-state index in [2.05, 4.69) is 67.0 Å². The number of pyridine rings is 1. The molecule has 138 valence electrons. The molecular weight excluding hydrogens is 340 g/mol. The number of fused-ring (bicyclic) bond motifs is 1. The highest BCUT2D eigenvalue weighted by atomic mass is 16.5. The molecule has 0 amide bonds. The smallest absolute Gasteiger partial charge is 0.129 e. The Hall–Kier alpha value is -3.06. The van der Waals surface area contributed by atoms with E-state index in [4.69, 9.17) is 4.74 Å².